The summed E-state index contributed by atoms with van der Waals surface area (Å²) in [6.45, 7) is 0. The fourth-order valence-corrected chi connectivity index (χ4v) is 12.7. The summed E-state index contributed by atoms with van der Waals surface area (Å²) in [6.07, 6.45) is 4.29. The summed E-state index contributed by atoms with van der Waals surface area (Å²) in [5, 5.41) is 2.30. The van der Waals surface area contributed by atoms with Gasteiger partial charge in [0.2, 0.25) is 0 Å². The number of rotatable bonds is 5. The van der Waals surface area contributed by atoms with Crippen molar-refractivity contribution in [2.24, 2.45) is 29.1 Å². The third-order valence-corrected chi connectivity index (χ3v) is 14.7. The van der Waals surface area contributed by atoms with Crippen LogP contribution in [-0.2, 0) is 5.41 Å². The van der Waals surface area contributed by atoms with E-state index in [0.717, 1.165) is 57.0 Å². The summed E-state index contributed by atoms with van der Waals surface area (Å²) in [5.41, 5.74) is 17.1. The largest absolute Gasteiger partial charge is 0.456 e. The molecule has 4 atom stereocenters. The Morgan fingerprint density at radius 2 is 1.08 bits per heavy atom. The third-order valence-electron chi connectivity index (χ3n) is 14.7. The Balaban J connectivity index is 1.01. The van der Waals surface area contributed by atoms with Crippen molar-refractivity contribution in [3.63, 3.8) is 0 Å². The van der Waals surface area contributed by atoms with Crippen LogP contribution in [0.25, 0.3) is 55.3 Å². The van der Waals surface area contributed by atoms with Gasteiger partial charge in [-0.3, -0.25) is 0 Å². The average Bonchev–Trinajstić information content (AvgIpc) is 3.70. The first kappa shape index (κ1) is 28.7. The lowest BCUT2D eigenvalue weighted by Gasteiger charge is -2.92. The van der Waals surface area contributed by atoms with Gasteiger partial charge in [-0.1, -0.05) is 109 Å². The molecule has 13 rings (SSSR count). The molecule has 0 aliphatic heterocycles. The molecule has 4 fully saturated rings. The van der Waals surface area contributed by atoms with E-state index >= 15 is 0 Å². The number of furan rings is 1. The molecule has 0 saturated heterocycles. The van der Waals surface area contributed by atoms with Gasteiger partial charge in [0, 0.05) is 39.3 Å². The minimum absolute atomic E-state index is 0.145. The molecule has 1 aromatic heterocycles. The maximum Gasteiger partial charge on any atom is 0.137 e. The summed E-state index contributed by atoms with van der Waals surface area (Å²) in [5.74, 6) is 3.52. The molecule has 2 spiro atoms. The van der Waals surface area contributed by atoms with Gasteiger partial charge in [0.15, 0.2) is 0 Å². The minimum Gasteiger partial charge on any atom is -0.456 e. The second-order valence-electron chi connectivity index (χ2n) is 16.5. The van der Waals surface area contributed by atoms with Gasteiger partial charge in [0.25, 0.3) is 0 Å². The molecule has 53 heavy (non-hydrogen) atoms. The molecule has 2 nitrogen and oxygen atoms in total. The molecule has 2 heteroatoms. The van der Waals surface area contributed by atoms with E-state index in [4.69, 9.17) is 4.42 Å². The second-order valence-corrected chi connectivity index (χ2v) is 16.5. The predicted octanol–water partition coefficient (Wildman–Crippen LogP) is 13.3. The van der Waals surface area contributed by atoms with Crippen molar-refractivity contribution in [3.8, 4) is 33.4 Å². The number of para-hydroxylation sites is 1. The number of anilines is 3. The van der Waals surface area contributed by atoms with E-state index in [1.54, 1.807) is 11.1 Å². The van der Waals surface area contributed by atoms with Crippen LogP contribution in [0.4, 0.5) is 17.1 Å². The van der Waals surface area contributed by atoms with E-state index in [0.29, 0.717) is 5.41 Å². The van der Waals surface area contributed by atoms with E-state index in [9.17, 15) is 0 Å². The Kier molecular flexibility index (Phi) is 5.39. The van der Waals surface area contributed by atoms with Gasteiger partial charge in [-0.15, -0.1) is 0 Å². The number of nitrogens with zero attached hydrogens (tertiary/aromatic N) is 1. The zero-order chi connectivity index (χ0) is 34.5. The van der Waals surface area contributed by atoms with Crippen LogP contribution >= 0.6 is 0 Å². The topological polar surface area (TPSA) is 16.4 Å². The Bertz CT molecular complexity index is 2790. The summed E-state index contributed by atoms with van der Waals surface area (Å²) in [7, 11) is 0. The van der Waals surface area contributed by atoms with Crippen LogP contribution in [0.5, 0.6) is 0 Å². The molecule has 0 amide bonds. The average molecular weight is 680 g/mol. The van der Waals surface area contributed by atoms with Crippen molar-refractivity contribution in [1.82, 2.24) is 0 Å². The van der Waals surface area contributed by atoms with E-state index < -0.39 is 0 Å². The highest BCUT2D eigenvalue weighted by molar-refractivity contribution is 6.06. The van der Waals surface area contributed by atoms with Gasteiger partial charge in [0.1, 0.15) is 11.2 Å². The third kappa shape index (κ3) is 3.42. The highest BCUT2D eigenvalue weighted by Crippen LogP contribution is 2.94. The van der Waals surface area contributed by atoms with Gasteiger partial charge in [-0.2, -0.15) is 0 Å². The van der Waals surface area contributed by atoms with Gasteiger partial charge < -0.3 is 9.32 Å². The molecule has 7 aromatic carbocycles. The molecule has 8 aromatic rings. The van der Waals surface area contributed by atoms with Crippen molar-refractivity contribution in [2.75, 3.05) is 4.90 Å². The Morgan fingerprint density at radius 1 is 0.434 bits per heavy atom. The highest BCUT2D eigenvalue weighted by Gasteiger charge is 2.90. The van der Waals surface area contributed by atoms with E-state index in [1.165, 1.54) is 58.3 Å². The van der Waals surface area contributed by atoms with E-state index in [1.807, 2.05) is 6.07 Å². The van der Waals surface area contributed by atoms with Crippen LogP contribution in [-0.4, -0.2) is 0 Å². The zero-order valence-corrected chi connectivity index (χ0v) is 29.4. The number of hydrogen-bond donors (Lipinski definition) is 0. The van der Waals surface area contributed by atoms with Crippen molar-refractivity contribution in [3.05, 3.63) is 175 Å². The second kappa shape index (κ2) is 9.96. The molecule has 0 N–H and O–H groups in total. The Labute approximate surface area is 309 Å². The molecule has 5 aliphatic rings. The monoisotopic (exact) mass is 679 g/mol. The fourth-order valence-electron chi connectivity index (χ4n) is 12.7. The van der Waals surface area contributed by atoms with Gasteiger partial charge in [-0.05, 0) is 141 Å². The highest BCUT2D eigenvalue weighted by atomic mass is 16.3. The van der Waals surface area contributed by atoms with Crippen LogP contribution < -0.4 is 4.90 Å². The molecule has 0 radical (unpaired) electrons. The summed E-state index contributed by atoms with van der Waals surface area (Å²) >= 11 is 0. The van der Waals surface area contributed by atoms with E-state index in [2.05, 4.69) is 163 Å². The standard InChI is InChI=1S/C51H37NO/c1-3-10-31(11-4-1)33-14-9-15-37(24-33)52(39-19-22-42-41-16-7-8-17-46(41)53-47(42)30-39)38-20-23-44-43(29-38)40-21-18-34(32-12-5-2-6-13-32)25-45(40)51(44)48-27-35-26-36-28-49(51)50(35,36)48/h1-25,29-30,35-36,48-49H,26-28H2. The summed E-state index contributed by atoms with van der Waals surface area (Å²) in [4.78, 5) is 2.44. The molecule has 252 valence electrons. The predicted molar refractivity (Wildman–Crippen MR) is 216 cm³/mol. The molecule has 4 unspecified atom stereocenters. The zero-order valence-electron chi connectivity index (χ0n) is 29.4. The van der Waals surface area contributed by atoms with Gasteiger partial charge in [-0.25, -0.2) is 0 Å². The summed E-state index contributed by atoms with van der Waals surface area (Å²) < 4.78 is 6.47. The normalized spacial score (nSPS) is 26.4. The molecular formula is C51H37NO. The van der Waals surface area contributed by atoms with Crippen LogP contribution in [0.2, 0.25) is 0 Å². The first-order valence-corrected chi connectivity index (χ1v) is 19.4. The minimum atomic E-state index is 0.145. The lowest BCUT2D eigenvalue weighted by atomic mass is 9.11. The molecule has 0 bridgehead atoms. The SMILES string of the molecule is c1ccc(-c2cccc(N(c3ccc4c(c3)-c3ccc(-c5ccccc5)cc3C43C4CC5CC6CC3C564)c3ccc4c(c3)oc3ccccc34)c2)cc1. The summed E-state index contributed by atoms with van der Waals surface area (Å²) in [6, 6.07) is 60.7. The molecular weight excluding hydrogens is 643 g/mol. The van der Waals surface area contributed by atoms with Crippen LogP contribution in [0, 0.1) is 29.1 Å². The van der Waals surface area contributed by atoms with Crippen LogP contribution in [0.1, 0.15) is 30.4 Å². The molecule has 5 aliphatic carbocycles. The quantitative estimate of drug-likeness (QED) is 0.180. The van der Waals surface area contributed by atoms with Crippen molar-refractivity contribution in [1.29, 1.82) is 0 Å². The lowest BCUT2D eigenvalue weighted by Crippen LogP contribution is -2.88. The Hall–Kier alpha value is -5.86. The van der Waals surface area contributed by atoms with Crippen LogP contribution in [0.15, 0.2) is 168 Å². The number of benzene rings is 7. The fraction of sp³-hybridized carbons (Fsp3) is 0.176. The van der Waals surface area contributed by atoms with Crippen molar-refractivity contribution < 1.29 is 4.42 Å². The smallest absolute Gasteiger partial charge is 0.137 e. The van der Waals surface area contributed by atoms with E-state index in [-0.39, 0.29) is 5.41 Å². The molecule has 1 heterocycles. The number of hydrogen-bond acceptors (Lipinski definition) is 2. The maximum atomic E-state index is 6.47. The van der Waals surface area contributed by atoms with Gasteiger partial charge >= 0.3 is 0 Å². The van der Waals surface area contributed by atoms with Crippen molar-refractivity contribution in [2.45, 2.75) is 24.7 Å². The maximum absolute atomic E-state index is 6.47. The Morgan fingerprint density at radius 3 is 1.85 bits per heavy atom. The lowest BCUT2D eigenvalue weighted by molar-refractivity contribution is -0.412. The van der Waals surface area contributed by atoms with Crippen molar-refractivity contribution >= 4 is 39.0 Å². The molecule has 4 saturated carbocycles. The first-order valence-electron chi connectivity index (χ1n) is 19.4. The van der Waals surface area contributed by atoms with Gasteiger partial charge in [0.05, 0.1) is 0 Å². The van der Waals surface area contributed by atoms with Crippen LogP contribution in [0.3, 0.4) is 0 Å². The first-order chi connectivity index (χ1) is 26.2. The number of fused-ring (bicyclic) bond motifs is 10.